The Balaban J connectivity index is 2.32. The molecule has 1 nitrogen and oxygen atoms in total. The fourth-order valence-corrected chi connectivity index (χ4v) is 2.70. The van der Waals surface area contributed by atoms with Crippen LogP contribution in [-0.4, -0.2) is 13.6 Å². The van der Waals surface area contributed by atoms with Gasteiger partial charge in [-0.3, -0.25) is 0 Å². The van der Waals surface area contributed by atoms with Gasteiger partial charge in [-0.25, -0.2) is 0 Å². The van der Waals surface area contributed by atoms with Crippen LogP contribution in [0.15, 0.2) is 0 Å². The minimum Gasteiger partial charge on any atom is -0.319 e. The molecule has 0 heterocycles. The summed E-state index contributed by atoms with van der Waals surface area (Å²) in [5, 5.41) is 3.31. The Labute approximate surface area is 76.9 Å². The maximum absolute atomic E-state index is 3.31. The lowest BCUT2D eigenvalue weighted by molar-refractivity contribution is 0.306. The van der Waals surface area contributed by atoms with Gasteiger partial charge in [0.1, 0.15) is 0 Å². The van der Waals surface area contributed by atoms with Gasteiger partial charge in [0, 0.05) is 6.54 Å². The Morgan fingerprint density at radius 1 is 1.50 bits per heavy atom. The smallest absolute Gasteiger partial charge is 0.000226 e. The molecular weight excluding hydrogens is 146 g/mol. The van der Waals surface area contributed by atoms with E-state index in [0.29, 0.717) is 5.41 Å². The van der Waals surface area contributed by atoms with Crippen LogP contribution >= 0.6 is 0 Å². The van der Waals surface area contributed by atoms with Gasteiger partial charge >= 0.3 is 0 Å². The van der Waals surface area contributed by atoms with Crippen LogP contribution in [0.1, 0.15) is 46.0 Å². The molecule has 72 valence electrons. The lowest BCUT2D eigenvalue weighted by Crippen LogP contribution is -2.27. The minimum absolute atomic E-state index is 0.606. The lowest BCUT2D eigenvalue weighted by atomic mass is 9.87. The minimum atomic E-state index is 0.606. The van der Waals surface area contributed by atoms with E-state index in [9.17, 15) is 0 Å². The third kappa shape index (κ3) is 2.48. The van der Waals surface area contributed by atoms with Crippen LogP contribution in [0.3, 0.4) is 0 Å². The fourth-order valence-electron chi connectivity index (χ4n) is 2.70. The molecule has 0 aromatic carbocycles. The van der Waals surface area contributed by atoms with Gasteiger partial charge in [0.05, 0.1) is 0 Å². The highest BCUT2D eigenvalue weighted by molar-refractivity contribution is 4.86. The van der Waals surface area contributed by atoms with Crippen molar-refractivity contribution in [3.8, 4) is 0 Å². The molecule has 12 heavy (non-hydrogen) atoms. The van der Waals surface area contributed by atoms with Crippen molar-refractivity contribution in [2.75, 3.05) is 13.6 Å². The molecule has 1 saturated carbocycles. The molecule has 1 heteroatoms. The zero-order valence-electron chi connectivity index (χ0n) is 8.82. The molecule has 0 spiro atoms. The Morgan fingerprint density at radius 2 is 2.25 bits per heavy atom. The SMILES string of the molecule is CCCC1CC[C@](C)(CNC)C1. The van der Waals surface area contributed by atoms with Gasteiger partial charge < -0.3 is 5.32 Å². The Kier molecular flexibility index (Phi) is 3.57. The molecule has 1 N–H and O–H groups in total. The summed E-state index contributed by atoms with van der Waals surface area (Å²) in [7, 11) is 2.07. The van der Waals surface area contributed by atoms with E-state index in [1.54, 1.807) is 0 Å². The van der Waals surface area contributed by atoms with E-state index in [0.717, 1.165) is 5.92 Å². The topological polar surface area (TPSA) is 12.0 Å². The van der Waals surface area contributed by atoms with Crippen molar-refractivity contribution in [2.24, 2.45) is 11.3 Å². The number of rotatable bonds is 4. The summed E-state index contributed by atoms with van der Waals surface area (Å²) < 4.78 is 0. The maximum atomic E-state index is 3.31. The van der Waals surface area contributed by atoms with E-state index in [1.807, 2.05) is 0 Å². The van der Waals surface area contributed by atoms with Gasteiger partial charge in [-0.15, -0.1) is 0 Å². The summed E-state index contributed by atoms with van der Waals surface area (Å²) in [6.07, 6.45) is 7.14. The molecule has 1 rings (SSSR count). The van der Waals surface area contributed by atoms with E-state index in [1.165, 1.54) is 38.6 Å². The molecule has 1 fully saturated rings. The zero-order chi connectivity index (χ0) is 9.03. The first-order valence-electron chi connectivity index (χ1n) is 5.35. The highest BCUT2D eigenvalue weighted by Crippen LogP contribution is 2.42. The van der Waals surface area contributed by atoms with Gasteiger partial charge in [-0.2, -0.15) is 0 Å². The molecule has 0 saturated heterocycles. The molecule has 0 aliphatic heterocycles. The monoisotopic (exact) mass is 169 g/mol. The molecule has 1 aliphatic rings. The maximum Gasteiger partial charge on any atom is 0.000226 e. The van der Waals surface area contributed by atoms with Crippen molar-refractivity contribution in [1.29, 1.82) is 0 Å². The largest absolute Gasteiger partial charge is 0.319 e. The Morgan fingerprint density at radius 3 is 2.83 bits per heavy atom. The standard InChI is InChI=1S/C11H23N/c1-4-5-10-6-7-11(2,8-10)9-12-3/h10,12H,4-9H2,1-3H3/t10?,11-/m0/s1. The van der Waals surface area contributed by atoms with E-state index in [2.05, 4.69) is 26.2 Å². The second-order valence-electron chi connectivity index (χ2n) is 4.74. The van der Waals surface area contributed by atoms with Crippen molar-refractivity contribution < 1.29 is 0 Å². The molecule has 0 radical (unpaired) electrons. The quantitative estimate of drug-likeness (QED) is 0.682. The molecule has 1 unspecified atom stereocenters. The Bertz CT molecular complexity index is 133. The van der Waals surface area contributed by atoms with Gasteiger partial charge in [-0.1, -0.05) is 26.7 Å². The first-order chi connectivity index (χ1) is 5.70. The molecule has 2 atom stereocenters. The normalized spacial score (nSPS) is 35.8. The first kappa shape index (κ1) is 10.0. The zero-order valence-corrected chi connectivity index (χ0v) is 8.82. The summed E-state index contributed by atoms with van der Waals surface area (Å²) in [6.45, 7) is 5.93. The predicted molar refractivity (Wildman–Crippen MR) is 54.3 cm³/mol. The van der Waals surface area contributed by atoms with Crippen LogP contribution in [0.5, 0.6) is 0 Å². The highest BCUT2D eigenvalue weighted by Gasteiger charge is 2.33. The van der Waals surface area contributed by atoms with Crippen LogP contribution in [-0.2, 0) is 0 Å². The van der Waals surface area contributed by atoms with Gasteiger partial charge in [0.2, 0.25) is 0 Å². The lowest BCUT2D eigenvalue weighted by Gasteiger charge is -2.23. The van der Waals surface area contributed by atoms with Crippen molar-refractivity contribution in [1.82, 2.24) is 5.32 Å². The molecule has 0 bridgehead atoms. The van der Waals surface area contributed by atoms with Gasteiger partial charge in [0.25, 0.3) is 0 Å². The summed E-state index contributed by atoms with van der Waals surface area (Å²) in [6, 6.07) is 0. The van der Waals surface area contributed by atoms with Crippen LogP contribution < -0.4 is 5.32 Å². The molecule has 1 aliphatic carbocycles. The van der Waals surface area contributed by atoms with Crippen LogP contribution in [0.25, 0.3) is 0 Å². The summed E-state index contributed by atoms with van der Waals surface area (Å²) >= 11 is 0. The van der Waals surface area contributed by atoms with E-state index in [4.69, 9.17) is 0 Å². The second-order valence-corrected chi connectivity index (χ2v) is 4.74. The van der Waals surface area contributed by atoms with Crippen LogP contribution in [0.4, 0.5) is 0 Å². The van der Waals surface area contributed by atoms with E-state index in [-0.39, 0.29) is 0 Å². The average molecular weight is 169 g/mol. The third-order valence-electron chi connectivity index (χ3n) is 3.24. The van der Waals surface area contributed by atoms with E-state index >= 15 is 0 Å². The number of hydrogen-bond acceptors (Lipinski definition) is 1. The van der Waals surface area contributed by atoms with Gasteiger partial charge in [0.15, 0.2) is 0 Å². The molecular formula is C11H23N. The van der Waals surface area contributed by atoms with E-state index < -0.39 is 0 Å². The second kappa shape index (κ2) is 4.27. The predicted octanol–water partition coefficient (Wildman–Crippen LogP) is 2.81. The van der Waals surface area contributed by atoms with Crippen molar-refractivity contribution in [3.05, 3.63) is 0 Å². The van der Waals surface area contributed by atoms with Crippen LogP contribution in [0, 0.1) is 11.3 Å². The summed E-state index contributed by atoms with van der Waals surface area (Å²) in [4.78, 5) is 0. The van der Waals surface area contributed by atoms with Crippen LogP contribution in [0.2, 0.25) is 0 Å². The fraction of sp³-hybridized carbons (Fsp3) is 1.00. The molecule has 0 amide bonds. The summed E-state index contributed by atoms with van der Waals surface area (Å²) in [5.41, 5.74) is 0.606. The van der Waals surface area contributed by atoms with Crippen molar-refractivity contribution in [3.63, 3.8) is 0 Å². The number of hydrogen-bond donors (Lipinski definition) is 1. The number of nitrogens with one attached hydrogen (secondary N) is 1. The molecule has 0 aromatic rings. The Hall–Kier alpha value is -0.0400. The van der Waals surface area contributed by atoms with Gasteiger partial charge in [-0.05, 0) is 37.6 Å². The van der Waals surface area contributed by atoms with Crippen molar-refractivity contribution in [2.45, 2.75) is 46.0 Å². The summed E-state index contributed by atoms with van der Waals surface area (Å²) in [5.74, 6) is 1.02. The third-order valence-corrected chi connectivity index (χ3v) is 3.24. The highest BCUT2D eigenvalue weighted by atomic mass is 14.8. The average Bonchev–Trinajstić information content (AvgIpc) is 2.34. The first-order valence-corrected chi connectivity index (χ1v) is 5.35. The van der Waals surface area contributed by atoms with Crippen molar-refractivity contribution >= 4 is 0 Å². The molecule has 0 aromatic heterocycles.